The number of hydrogen-bond donors (Lipinski definition) is 2. The fourth-order valence-corrected chi connectivity index (χ4v) is 3.10. The predicted molar refractivity (Wildman–Crippen MR) is 95.1 cm³/mol. The first-order valence-electron chi connectivity index (χ1n) is 7.37. The maximum Gasteiger partial charge on any atom is 0.222 e. The predicted octanol–water partition coefficient (Wildman–Crippen LogP) is 2.64. The molecule has 0 saturated carbocycles. The quantitative estimate of drug-likeness (QED) is 0.791. The number of benzene rings is 2. The van der Waals surface area contributed by atoms with E-state index in [1.165, 1.54) is 0 Å². The maximum atomic E-state index is 12.2. The molecule has 24 heavy (non-hydrogen) atoms. The van der Waals surface area contributed by atoms with Crippen LogP contribution in [-0.4, -0.2) is 20.6 Å². The van der Waals surface area contributed by atoms with Crippen LogP contribution >= 0.6 is 11.6 Å². The molecule has 0 aliphatic carbocycles. The Morgan fingerprint density at radius 1 is 1.08 bits per heavy atom. The molecule has 7 heteroatoms. The first kappa shape index (κ1) is 18.4. The van der Waals surface area contributed by atoms with Crippen molar-refractivity contribution in [3.8, 4) is 0 Å². The van der Waals surface area contributed by atoms with Crippen LogP contribution in [0.5, 0.6) is 0 Å². The van der Waals surface area contributed by atoms with Crippen LogP contribution in [0.25, 0.3) is 0 Å². The van der Waals surface area contributed by atoms with Crippen molar-refractivity contribution in [1.82, 2.24) is 10.0 Å². The number of halogens is 1. The van der Waals surface area contributed by atoms with Gasteiger partial charge in [0.1, 0.15) is 0 Å². The van der Waals surface area contributed by atoms with Crippen LogP contribution in [0.2, 0.25) is 5.02 Å². The number of carbonyl (C=O) groups is 1. The van der Waals surface area contributed by atoms with E-state index in [-0.39, 0.29) is 12.3 Å². The number of carbonyl (C=O) groups excluding carboxylic acids is 1. The minimum absolute atomic E-state index is 0.00152. The van der Waals surface area contributed by atoms with Gasteiger partial charge in [0.15, 0.2) is 0 Å². The molecule has 1 atom stereocenters. The summed E-state index contributed by atoms with van der Waals surface area (Å²) in [4.78, 5) is 12.2. The molecule has 2 N–H and O–H groups in total. The fourth-order valence-electron chi connectivity index (χ4n) is 2.24. The summed E-state index contributed by atoms with van der Waals surface area (Å²) in [7, 11) is -3.46. The highest BCUT2D eigenvalue weighted by molar-refractivity contribution is 7.88. The van der Waals surface area contributed by atoms with Crippen molar-refractivity contribution in [2.24, 2.45) is 0 Å². The number of hydrogen-bond acceptors (Lipinski definition) is 3. The highest BCUT2D eigenvalue weighted by Gasteiger charge is 2.19. The lowest BCUT2D eigenvalue weighted by Crippen LogP contribution is -2.33. The Balaban J connectivity index is 2.04. The third kappa shape index (κ3) is 6.31. The van der Waals surface area contributed by atoms with Gasteiger partial charge in [0.2, 0.25) is 15.9 Å². The molecular weight excluding hydrogens is 348 g/mol. The van der Waals surface area contributed by atoms with Gasteiger partial charge < -0.3 is 5.32 Å². The van der Waals surface area contributed by atoms with E-state index < -0.39 is 16.1 Å². The lowest BCUT2D eigenvalue weighted by Gasteiger charge is -2.18. The van der Waals surface area contributed by atoms with E-state index in [9.17, 15) is 13.2 Å². The van der Waals surface area contributed by atoms with Crippen molar-refractivity contribution >= 4 is 27.5 Å². The summed E-state index contributed by atoms with van der Waals surface area (Å²) in [5, 5.41) is 3.34. The fraction of sp³-hybridized carbons (Fsp3) is 0.235. The maximum absolute atomic E-state index is 12.2. The number of rotatable bonds is 7. The molecule has 2 aromatic carbocycles. The van der Waals surface area contributed by atoms with Crippen LogP contribution in [-0.2, 0) is 21.4 Å². The van der Waals surface area contributed by atoms with Crippen molar-refractivity contribution < 1.29 is 13.2 Å². The van der Waals surface area contributed by atoms with Crippen molar-refractivity contribution in [2.45, 2.75) is 19.0 Å². The van der Waals surface area contributed by atoms with E-state index in [0.717, 1.165) is 11.8 Å². The van der Waals surface area contributed by atoms with Crippen LogP contribution in [0, 0.1) is 0 Å². The molecule has 0 saturated heterocycles. The molecule has 0 heterocycles. The van der Waals surface area contributed by atoms with Crippen molar-refractivity contribution in [3.63, 3.8) is 0 Å². The van der Waals surface area contributed by atoms with Gasteiger partial charge in [0.05, 0.1) is 12.3 Å². The van der Waals surface area contributed by atoms with Gasteiger partial charge in [-0.25, -0.2) is 13.1 Å². The average molecular weight is 367 g/mol. The first-order chi connectivity index (χ1) is 11.3. The van der Waals surface area contributed by atoms with E-state index in [1.807, 2.05) is 30.3 Å². The van der Waals surface area contributed by atoms with E-state index in [4.69, 9.17) is 11.6 Å². The Morgan fingerprint density at radius 3 is 2.29 bits per heavy atom. The molecule has 0 bridgehead atoms. The van der Waals surface area contributed by atoms with Crippen molar-refractivity contribution in [3.05, 3.63) is 70.7 Å². The van der Waals surface area contributed by atoms with Crippen molar-refractivity contribution in [1.29, 1.82) is 0 Å². The Kier molecular flexibility index (Phi) is 6.36. The molecule has 5 nitrogen and oxygen atoms in total. The standard InChI is InChI=1S/C17H19ClN2O3S/c1-24(22,23)20-16(14-7-9-15(18)10-8-14)11-17(21)19-12-13-5-3-2-4-6-13/h2-10,16,20H,11-12H2,1H3,(H,19,21). The lowest BCUT2D eigenvalue weighted by atomic mass is 10.0. The molecule has 0 aliphatic rings. The normalized spacial score (nSPS) is 12.6. The first-order valence-corrected chi connectivity index (χ1v) is 9.64. The van der Waals surface area contributed by atoms with Gasteiger partial charge in [-0.2, -0.15) is 0 Å². The summed E-state index contributed by atoms with van der Waals surface area (Å²) in [5.41, 5.74) is 1.66. The Hall–Kier alpha value is -1.89. The van der Waals surface area contributed by atoms with Crippen LogP contribution < -0.4 is 10.0 Å². The molecular formula is C17H19ClN2O3S. The summed E-state index contributed by atoms with van der Waals surface area (Å²) >= 11 is 5.85. The Bertz CT molecular complexity index is 777. The second-order valence-corrected chi connectivity index (χ2v) is 7.68. The smallest absolute Gasteiger partial charge is 0.222 e. The number of sulfonamides is 1. The van der Waals surface area contributed by atoms with Crippen LogP contribution in [0.1, 0.15) is 23.6 Å². The highest BCUT2D eigenvalue weighted by Crippen LogP contribution is 2.20. The monoisotopic (exact) mass is 366 g/mol. The lowest BCUT2D eigenvalue weighted by molar-refractivity contribution is -0.121. The topological polar surface area (TPSA) is 75.3 Å². The minimum atomic E-state index is -3.46. The largest absolute Gasteiger partial charge is 0.352 e. The van der Waals surface area contributed by atoms with E-state index in [1.54, 1.807) is 24.3 Å². The molecule has 0 aliphatic heterocycles. The molecule has 0 fully saturated rings. The molecule has 0 radical (unpaired) electrons. The van der Waals surface area contributed by atoms with Crippen LogP contribution in [0.15, 0.2) is 54.6 Å². The van der Waals surface area contributed by atoms with Crippen LogP contribution in [0.4, 0.5) is 0 Å². The third-order valence-electron chi connectivity index (χ3n) is 3.35. The summed E-state index contributed by atoms with van der Waals surface area (Å²) in [5.74, 6) is -0.241. The second-order valence-electron chi connectivity index (χ2n) is 5.46. The third-order valence-corrected chi connectivity index (χ3v) is 4.32. The number of nitrogens with one attached hydrogen (secondary N) is 2. The van der Waals surface area contributed by atoms with E-state index >= 15 is 0 Å². The van der Waals surface area contributed by atoms with E-state index in [0.29, 0.717) is 17.1 Å². The molecule has 2 rings (SSSR count). The molecule has 1 unspecified atom stereocenters. The summed E-state index contributed by atoms with van der Waals surface area (Å²) in [6.45, 7) is 0.395. The molecule has 1 amide bonds. The van der Waals surface area contributed by atoms with Gasteiger partial charge in [-0.1, -0.05) is 54.1 Å². The van der Waals surface area contributed by atoms with Crippen molar-refractivity contribution in [2.75, 3.05) is 6.26 Å². The van der Waals surface area contributed by atoms with Gasteiger partial charge in [-0.05, 0) is 23.3 Å². The van der Waals surface area contributed by atoms with Gasteiger partial charge >= 0.3 is 0 Å². The van der Waals surface area contributed by atoms with Gasteiger partial charge in [0, 0.05) is 18.0 Å². The van der Waals surface area contributed by atoms with E-state index in [2.05, 4.69) is 10.0 Å². The average Bonchev–Trinajstić information content (AvgIpc) is 2.53. The zero-order valence-electron chi connectivity index (χ0n) is 13.2. The summed E-state index contributed by atoms with van der Waals surface area (Å²) < 4.78 is 25.6. The van der Waals surface area contributed by atoms with Gasteiger partial charge in [0.25, 0.3) is 0 Å². The zero-order chi connectivity index (χ0) is 17.6. The molecule has 2 aromatic rings. The van der Waals surface area contributed by atoms with Crippen LogP contribution in [0.3, 0.4) is 0 Å². The molecule has 0 spiro atoms. The summed E-state index contributed by atoms with van der Waals surface area (Å²) in [6.07, 6.45) is 1.07. The zero-order valence-corrected chi connectivity index (χ0v) is 14.8. The SMILES string of the molecule is CS(=O)(=O)NC(CC(=O)NCc1ccccc1)c1ccc(Cl)cc1. The van der Waals surface area contributed by atoms with Gasteiger partial charge in [-0.15, -0.1) is 0 Å². The second kappa shape index (κ2) is 8.28. The Morgan fingerprint density at radius 2 is 1.71 bits per heavy atom. The highest BCUT2D eigenvalue weighted by atomic mass is 35.5. The van der Waals surface area contributed by atoms with Gasteiger partial charge in [-0.3, -0.25) is 4.79 Å². The summed E-state index contributed by atoms with van der Waals surface area (Å²) in [6, 6.07) is 15.6. The number of amides is 1. The molecule has 128 valence electrons. The Labute approximate surface area is 147 Å². The minimum Gasteiger partial charge on any atom is -0.352 e. The molecule has 0 aromatic heterocycles.